The van der Waals surface area contributed by atoms with Crippen LogP contribution in [0.1, 0.15) is 12.5 Å². The Morgan fingerprint density at radius 2 is 1.81 bits per heavy atom. The van der Waals surface area contributed by atoms with E-state index in [1.54, 1.807) is 6.92 Å². The fraction of sp³-hybridized carbons (Fsp3) is 0.211. The van der Waals surface area contributed by atoms with E-state index in [0.29, 0.717) is 5.16 Å². The number of aromatic nitrogens is 2. The molecule has 1 heterocycles. The molecule has 0 saturated carbocycles. The lowest BCUT2D eigenvalue weighted by Crippen LogP contribution is -2.41. The van der Waals surface area contributed by atoms with Crippen LogP contribution in [0.4, 0.5) is 4.79 Å². The number of aryl methyl sites for hydroxylation is 1. The van der Waals surface area contributed by atoms with Gasteiger partial charge in [-0.2, -0.15) is 0 Å². The van der Waals surface area contributed by atoms with Gasteiger partial charge in [0.05, 0.1) is 16.3 Å². The van der Waals surface area contributed by atoms with Gasteiger partial charge in [-0.1, -0.05) is 41.6 Å². The number of para-hydroxylation sites is 2. The summed E-state index contributed by atoms with van der Waals surface area (Å²) in [6.45, 7) is 3.79. The van der Waals surface area contributed by atoms with Crippen molar-refractivity contribution in [3.63, 3.8) is 0 Å². The summed E-state index contributed by atoms with van der Waals surface area (Å²) < 4.78 is 2.03. The Balaban J connectivity index is 1.97. The summed E-state index contributed by atoms with van der Waals surface area (Å²) in [7, 11) is 1.47. The number of urea groups is 1. The van der Waals surface area contributed by atoms with Gasteiger partial charge in [-0.15, -0.1) is 0 Å². The second-order valence-corrected chi connectivity index (χ2v) is 7.19. The van der Waals surface area contributed by atoms with Gasteiger partial charge in [0.1, 0.15) is 0 Å². The maximum Gasteiger partial charge on any atom is 0.321 e. The van der Waals surface area contributed by atoms with Gasteiger partial charge in [0.25, 0.3) is 0 Å². The summed E-state index contributed by atoms with van der Waals surface area (Å²) in [5.41, 5.74) is 3.98. The Kier molecular flexibility index (Phi) is 5.27. The lowest BCUT2D eigenvalue weighted by molar-refractivity contribution is -0.119. The largest absolute Gasteiger partial charge is 0.341 e. The summed E-state index contributed by atoms with van der Waals surface area (Å²) in [5, 5.41) is 4.91. The molecule has 3 rings (SSSR count). The molecule has 0 aliphatic rings. The minimum absolute atomic E-state index is 0.364. The lowest BCUT2D eigenvalue weighted by Gasteiger charge is -2.13. The van der Waals surface area contributed by atoms with Crippen molar-refractivity contribution >= 4 is 34.7 Å². The predicted octanol–water partition coefficient (Wildman–Crippen LogP) is 3.27. The van der Waals surface area contributed by atoms with E-state index in [9.17, 15) is 9.59 Å². The zero-order chi connectivity index (χ0) is 18.7. The minimum atomic E-state index is -0.519. The predicted molar refractivity (Wildman–Crippen MR) is 104 cm³/mol. The molecule has 134 valence electrons. The van der Waals surface area contributed by atoms with Crippen LogP contribution in [0.5, 0.6) is 0 Å². The summed E-state index contributed by atoms with van der Waals surface area (Å²) in [4.78, 5) is 28.2. The molecule has 0 unspecified atom stereocenters. The second kappa shape index (κ2) is 7.61. The average molecular weight is 368 g/mol. The van der Waals surface area contributed by atoms with E-state index in [4.69, 9.17) is 0 Å². The van der Waals surface area contributed by atoms with Crippen molar-refractivity contribution in [2.75, 3.05) is 7.05 Å². The van der Waals surface area contributed by atoms with E-state index >= 15 is 0 Å². The Morgan fingerprint density at radius 1 is 1.12 bits per heavy atom. The molecule has 1 aromatic heterocycles. The first-order valence-corrected chi connectivity index (χ1v) is 9.11. The molecule has 0 radical (unpaired) electrons. The number of nitrogens with one attached hydrogen (secondary N) is 2. The maximum absolute atomic E-state index is 12.2. The molecular weight excluding hydrogens is 348 g/mol. The number of carbonyl (C=O) groups is 2. The first-order chi connectivity index (χ1) is 12.5. The van der Waals surface area contributed by atoms with E-state index in [-0.39, 0.29) is 5.91 Å². The van der Waals surface area contributed by atoms with Crippen LogP contribution in [0.2, 0.25) is 0 Å². The zero-order valence-electron chi connectivity index (χ0n) is 14.8. The van der Waals surface area contributed by atoms with Crippen molar-refractivity contribution in [3.05, 3.63) is 54.1 Å². The minimum Gasteiger partial charge on any atom is -0.341 e. The van der Waals surface area contributed by atoms with E-state index in [1.807, 2.05) is 60.0 Å². The fourth-order valence-electron chi connectivity index (χ4n) is 2.51. The molecule has 6 nitrogen and oxygen atoms in total. The first kappa shape index (κ1) is 18.0. The highest BCUT2D eigenvalue weighted by Crippen LogP contribution is 2.30. The summed E-state index contributed by atoms with van der Waals surface area (Å²) >= 11 is 1.32. The monoisotopic (exact) mass is 368 g/mol. The van der Waals surface area contributed by atoms with Crippen molar-refractivity contribution < 1.29 is 9.59 Å². The summed E-state index contributed by atoms with van der Waals surface area (Å²) in [5.74, 6) is -0.364. The average Bonchev–Trinajstić information content (AvgIpc) is 3.00. The Bertz CT molecular complexity index is 950. The maximum atomic E-state index is 12.2. The molecule has 0 fully saturated rings. The van der Waals surface area contributed by atoms with Crippen molar-refractivity contribution in [2.45, 2.75) is 24.3 Å². The molecule has 0 aliphatic heterocycles. The van der Waals surface area contributed by atoms with E-state index in [0.717, 1.165) is 16.7 Å². The number of benzene rings is 2. The fourth-order valence-corrected chi connectivity index (χ4v) is 3.46. The van der Waals surface area contributed by atoms with Gasteiger partial charge in [-0.05, 0) is 38.1 Å². The molecule has 3 amide bonds. The quantitative estimate of drug-likeness (QED) is 0.693. The van der Waals surface area contributed by atoms with Crippen molar-refractivity contribution in [1.82, 2.24) is 20.2 Å². The summed E-state index contributed by atoms with van der Waals surface area (Å²) in [6.07, 6.45) is 0. The Hall–Kier alpha value is -2.80. The molecule has 0 saturated heterocycles. The van der Waals surface area contributed by atoms with Gasteiger partial charge in [-0.3, -0.25) is 14.7 Å². The number of imide groups is 1. The molecule has 26 heavy (non-hydrogen) atoms. The number of nitrogens with zero attached hydrogens (tertiary/aromatic N) is 2. The summed E-state index contributed by atoms with van der Waals surface area (Å²) in [6, 6.07) is 15.5. The number of fused-ring (bicyclic) bond motifs is 1. The van der Waals surface area contributed by atoms with Gasteiger partial charge in [0.15, 0.2) is 5.16 Å². The van der Waals surface area contributed by atoms with Crippen LogP contribution in [-0.4, -0.2) is 33.8 Å². The van der Waals surface area contributed by atoms with Crippen LogP contribution >= 0.6 is 11.8 Å². The number of hydrogen-bond acceptors (Lipinski definition) is 4. The molecule has 2 N–H and O–H groups in total. The van der Waals surface area contributed by atoms with Crippen LogP contribution < -0.4 is 10.6 Å². The van der Waals surface area contributed by atoms with Crippen LogP contribution in [0.25, 0.3) is 16.7 Å². The number of thioether (sulfide) groups is 1. The SMILES string of the molecule is CNC(=O)NC(=O)[C@H](C)Sc1nc2ccccc2n1-c1ccc(C)cc1. The van der Waals surface area contributed by atoms with E-state index < -0.39 is 11.3 Å². The van der Waals surface area contributed by atoms with Crippen LogP contribution in [0, 0.1) is 6.92 Å². The molecule has 7 heteroatoms. The van der Waals surface area contributed by atoms with E-state index in [1.165, 1.54) is 24.4 Å². The lowest BCUT2D eigenvalue weighted by atomic mass is 10.2. The topological polar surface area (TPSA) is 76.0 Å². The number of rotatable bonds is 4. The van der Waals surface area contributed by atoms with Crippen LogP contribution in [0.15, 0.2) is 53.7 Å². The third kappa shape index (κ3) is 3.72. The van der Waals surface area contributed by atoms with Gasteiger partial charge in [0, 0.05) is 12.7 Å². The highest BCUT2D eigenvalue weighted by Gasteiger charge is 2.21. The molecular formula is C19H20N4O2S. The zero-order valence-corrected chi connectivity index (χ0v) is 15.6. The van der Waals surface area contributed by atoms with Gasteiger partial charge in [-0.25, -0.2) is 9.78 Å². The second-order valence-electron chi connectivity index (χ2n) is 5.88. The number of imidazole rings is 1. The first-order valence-electron chi connectivity index (χ1n) is 8.23. The standard InChI is InChI=1S/C19H20N4O2S/c1-12-8-10-14(11-9-12)23-16-7-5-4-6-15(16)21-19(23)26-13(2)17(24)22-18(25)20-3/h4-11,13H,1-3H3,(H2,20,22,24,25)/t13-/m0/s1. The molecule has 0 aliphatic carbocycles. The van der Waals surface area contributed by atoms with Crippen molar-refractivity contribution in [1.29, 1.82) is 0 Å². The Morgan fingerprint density at radius 3 is 2.50 bits per heavy atom. The van der Waals surface area contributed by atoms with Gasteiger partial charge < -0.3 is 5.32 Å². The highest BCUT2D eigenvalue weighted by atomic mass is 32.2. The van der Waals surface area contributed by atoms with Crippen LogP contribution in [-0.2, 0) is 4.79 Å². The number of carbonyl (C=O) groups excluding carboxylic acids is 2. The molecule has 0 bridgehead atoms. The third-order valence-electron chi connectivity index (χ3n) is 3.94. The van der Waals surface area contributed by atoms with Gasteiger partial charge >= 0.3 is 6.03 Å². The third-order valence-corrected chi connectivity index (χ3v) is 4.99. The smallest absolute Gasteiger partial charge is 0.321 e. The van der Waals surface area contributed by atoms with E-state index in [2.05, 4.69) is 15.6 Å². The van der Waals surface area contributed by atoms with Gasteiger partial charge in [0.2, 0.25) is 5.91 Å². The van der Waals surface area contributed by atoms with Crippen molar-refractivity contribution in [2.24, 2.45) is 0 Å². The molecule has 2 aromatic carbocycles. The van der Waals surface area contributed by atoms with Crippen molar-refractivity contribution in [3.8, 4) is 5.69 Å². The normalized spacial score (nSPS) is 12.0. The number of amides is 3. The van der Waals surface area contributed by atoms with Crippen LogP contribution in [0.3, 0.4) is 0 Å². The molecule has 3 aromatic rings. The number of hydrogen-bond donors (Lipinski definition) is 2. The molecule has 0 spiro atoms. The molecule has 1 atom stereocenters. The highest BCUT2D eigenvalue weighted by molar-refractivity contribution is 8.00. The Labute approximate surface area is 156 Å².